The van der Waals surface area contributed by atoms with Crippen LogP contribution in [0.3, 0.4) is 0 Å². The van der Waals surface area contributed by atoms with Gasteiger partial charge in [0.1, 0.15) is 5.82 Å². The summed E-state index contributed by atoms with van der Waals surface area (Å²) in [4.78, 5) is 25.0. The molecule has 1 amide bonds. The topological polar surface area (TPSA) is 57.6 Å². The van der Waals surface area contributed by atoms with Gasteiger partial charge in [0.25, 0.3) is 5.91 Å². The predicted octanol–water partition coefficient (Wildman–Crippen LogP) is 2.32. The SMILES string of the molecule is Cc1cc(F)cc(C(=O)N2CC(C)CC(C(=O)O)C2)c1. The number of likely N-dealkylation sites (tertiary alicyclic amines) is 1. The standard InChI is InChI=1S/C15H18FNO3/c1-9-3-11(6-13(16)5-9)14(18)17-7-10(2)4-12(8-17)15(19)20/h3,5-6,10,12H,4,7-8H2,1-2H3,(H,19,20). The molecule has 1 aliphatic heterocycles. The highest BCUT2D eigenvalue weighted by Gasteiger charge is 2.32. The molecule has 2 unspecified atom stereocenters. The molecule has 0 bridgehead atoms. The number of carboxylic acid groups (broad SMARTS) is 1. The largest absolute Gasteiger partial charge is 0.481 e. The van der Waals surface area contributed by atoms with Crippen LogP contribution in [0, 0.1) is 24.6 Å². The van der Waals surface area contributed by atoms with Crippen molar-refractivity contribution in [1.82, 2.24) is 4.90 Å². The summed E-state index contributed by atoms with van der Waals surface area (Å²) in [6.45, 7) is 4.34. The first-order valence-corrected chi connectivity index (χ1v) is 6.66. The number of carbonyl (C=O) groups excluding carboxylic acids is 1. The second-order valence-electron chi connectivity index (χ2n) is 5.60. The summed E-state index contributed by atoms with van der Waals surface area (Å²) in [5, 5.41) is 9.12. The van der Waals surface area contributed by atoms with E-state index in [4.69, 9.17) is 5.11 Å². The van der Waals surface area contributed by atoms with Gasteiger partial charge in [0.15, 0.2) is 0 Å². The highest BCUT2D eigenvalue weighted by Crippen LogP contribution is 2.23. The molecule has 1 fully saturated rings. The number of amides is 1. The number of benzene rings is 1. The zero-order valence-corrected chi connectivity index (χ0v) is 11.6. The first-order chi connectivity index (χ1) is 9.36. The number of halogens is 1. The third kappa shape index (κ3) is 3.15. The summed E-state index contributed by atoms with van der Waals surface area (Å²) in [5.41, 5.74) is 0.953. The van der Waals surface area contributed by atoms with Crippen LogP contribution in [0.25, 0.3) is 0 Å². The van der Waals surface area contributed by atoms with Gasteiger partial charge in [0.05, 0.1) is 5.92 Å². The second-order valence-corrected chi connectivity index (χ2v) is 5.60. The summed E-state index contributed by atoms with van der Waals surface area (Å²) in [6, 6.07) is 4.18. The normalized spacial score (nSPS) is 22.6. The Morgan fingerprint density at radius 1 is 1.30 bits per heavy atom. The minimum Gasteiger partial charge on any atom is -0.481 e. The Morgan fingerprint density at radius 3 is 2.60 bits per heavy atom. The first-order valence-electron chi connectivity index (χ1n) is 6.66. The van der Waals surface area contributed by atoms with Crippen LogP contribution in [0.2, 0.25) is 0 Å². The Bertz CT molecular complexity index is 524. The van der Waals surface area contributed by atoms with Crippen LogP contribution in [0.1, 0.15) is 29.3 Å². The van der Waals surface area contributed by atoms with Gasteiger partial charge in [-0.2, -0.15) is 0 Å². The minimum atomic E-state index is -0.884. The molecular weight excluding hydrogens is 261 g/mol. The fourth-order valence-corrected chi connectivity index (χ4v) is 2.74. The maximum absolute atomic E-state index is 13.4. The number of piperidine rings is 1. The minimum absolute atomic E-state index is 0.128. The molecule has 5 heteroatoms. The van der Waals surface area contributed by atoms with Crippen LogP contribution >= 0.6 is 0 Å². The van der Waals surface area contributed by atoms with Crippen molar-refractivity contribution in [3.05, 3.63) is 35.1 Å². The molecule has 0 aromatic heterocycles. The lowest BCUT2D eigenvalue weighted by Crippen LogP contribution is -2.45. The Hall–Kier alpha value is -1.91. The van der Waals surface area contributed by atoms with E-state index in [1.54, 1.807) is 13.0 Å². The molecule has 0 radical (unpaired) electrons. The van der Waals surface area contributed by atoms with E-state index in [-0.39, 0.29) is 23.9 Å². The molecular formula is C15H18FNO3. The number of nitrogens with zero attached hydrogens (tertiary/aromatic N) is 1. The van der Waals surface area contributed by atoms with E-state index < -0.39 is 17.7 Å². The Balaban J connectivity index is 2.21. The van der Waals surface area contributed by atoms with E-state index in [0.29, 0.717) is 18.5 Å². The molecule has 1 saturated heterocycles. The number of carbonyl (C=O) groups is 2. The van der Waals surface area contributed by atoms with Gasteiger partial charge in [-0.25, -0.2) is 4.39 Å². The van der Waals surface area contributed by atoms with Crippen molar-refractivity contribution in [2.45, 2.75) is 20.3 Å². The Morgan fingerprint density at radius 2 is 2.00 bits per heavy atom. The van der Waals surface area contributed by atoms with Gasteiger partial charge < -0.3 is 10.0 Å². The van der Waals surface area contributed by atoms with E-state index in [1.807, 2.05) is 6.92 Å². The van der Waals surface area contributed by atoms with Gasteiger partial charge in [0.2, 0.25) is 0 Å². The van der Waals surface area contributed by atoms with Crippen LogP contribution in [-0.2, 0) is 4.79 Å². The highest BCUT2D eigenvalue weighted by atomic mass is 19.1. The molecule has 0 spiro atoms. The number of hydrogen-bond donors (Lipinski definition) is 1. The average molecular weight is 279 g/mol. The van der Waals surface area contributed by atoms with Crippen LogP contribution in [-0.4, -0.2) is 35.0 Å². The zero-order valence-electron chi connectivity index (χ0n) is 11.6. The summed E-state index contributed by atoms with van der Waals surface area (Å²) < 4.78 is 13.4. The quantitative estimate of drug-likeness (QED) is 0.903. The number of rotatable bonds is 2. The summed E-state index contributed by atoms with van der Waals surface area (Å²) >= 11 is 0. The number of carboxylic acids is 1. The molecule has 2 atom stereocenters. The molecule has 1 N–H and O–H groups in total. The lowest BCUT2D eigenvalue weighted by atomic mass is 9.90. The molecule has 1 aromatic carbocycles. The highest BCUT2D eigenvalue weighted by molar-refractivity contribution is 5.94. The van der Waals surface area contributed by atoms with E-state index >= 15 is 0 Å². The van der Waals surface area contributed by atoms with Crippen molar-refractivity contribution in [3.8, 4) is 0 Å². The first kappa shape index (κ1) is 14.5. The van der Waals surface area contributed by atoms with E-state index in [9.17, 15) is 14.0 Å². The Labute approximate surface area is 117 Å². The molecule has 1 aromatic rings. The number of hydrogen-bond acceptors (Lipinski definition) is 2. The van der Waals surface area contributed by atoms with Crippen molar-refractivity contribution in [3.63, 3.8) is 0 Å². The van der Waals surface area contributed by atoms with Crippen molar-refractivity contribution < 1.29 is 19.1 Å². The average Bonchev–Trinajstić information content (AvgIpc) is 2.35. The maximum Gasteiger partial charge on any atom is 0.308 e. The van der Waals surface area contributed by atoms with Crippen molar-refractivity contribution >= 4 is 11.9 Å². The third-order valence-electron chi connectivity index (χ3n) is 3.59. The molecule has 108 valence electrons. The zero-order chi connectivity index (χ0) is 14.9. The van der Waals surface area contributed by atoms with E-state index in [0.717, 1.165) is 0 Å². The van der Waals surface area contributed by atoms with Gasteiger partial charge in [-0.1, -0.05) is 6.92 Å². The summed E-state index contributed by atoms with van der Waals surface area (Å²) in [7, 11) is 0. The number of aryl methyl sites for hydroxylation is 1. The molecule has 2 rings (SSSR count). The monoisotopic (exact) mass is 279 g/mol. The van der Waals surface area contributed by atoms with Crippen LogP contribution < -0.4 is 0 Å². The summed E-state index contributed by atoms with van der Waals surface area (Å²) in [6.07, 6.45) is 0.571. The lowest BCUT2D eigenvalue weighted by Gasteiger charge is -2.34. The van der Waals surface area contributed by atoms with E-state index in [1.165, 1.54) is 17.0 Å². The van der Waals surface area contributed by atoms with Gasteiger partial charge in [-0.3, -0.25) is 9.59 Å². The van der Waals surface area contributed by atoms with Crippen LogP contribution in [0.15, 0.2) is 18.2 Å². The molecule has 0 aliphatic carbocycles. The fraction of sp³-hybridized carbons (Fsp3) is 0.467. The third-order valence-corrected chi connectivity index (χ3v) is 3.59. The van der Waals surface area contributed by atoms with Gasteiger partial charge in [0, 0.05) is 18.7 Å². The second kappa shape index (κ2) is 5.61. The van der Waals surface area contributed by atoms with Gasteiger partial charge >= 0.3 is 5.97 Å². The summed E-state index contributed by atoms with van der Waals surface area (Å²) in [5.74, 6) is -2.05. The molecule has 0 saturated carbocycles. The van der Waals surface area contributed by atoms with E-state index in [2.05, 4.69) is 0 Å². The molecule has 20 heavy (non-hydrogen) atoms. The van der Waals surface area contributed by atoms with Crippen molar-refractivity contribution in [2.75, 3.05) is 13.1 Å². The predicted molar refractivity (Wildman–Crippen MR) is 71.9 cm³/mol. The lowest BCUT2D eigenvalue weighted by molar-refractivity contribution is -0.143. The van der Waals surface area contributed by atoms with Gasteiger partial charge in [-0.15, -0.1) is 0 Å². The van der Waals surface area contributed by atoms with Crippen LogP contribution in [0.4, 0.5) is 4.39 Å². The Kier molecular flexibility index (Phi) is 4.06. The van der Waals surface area contributed by atoms with Crippen molar-refractivity contribution in [2.24, 2.45) is 11.8 Å². The molecule has 4 nitrogen and oxygen atoms in total. The molecule has 1 aliphatic rings. The number of aliphatic carboxylic acids is 1. The van der Waals surface area contributed by atoms with Gasteiger partial charge in [-0.05, 0) is 43.0 Å². The molecule has 1 heterocycles. The fourth-order valence-electron chi connectivity index (χ4n) is 2.74. The maximum atomic E-state index is 13.4. The van der Waals surface area contributed by atoms with Crippen LogP contribution in [0.5, 0.6) is 0 Å². The smallest absolute Gasteiger partial charge is 0.308 e. The van der Waals surface area contributed by atoms with Crippen molar-refractivity contribution in [1.29, 1.82) is 0 Å².